The van der Waals surface area contributed by atoms with E-state index in [0.29, 0.717) is 38.4 Å². The lowest BCUT2D eigenvalue weighted by molar-refractivity contribution is -0.137. The first-order chi connectivity index (χ1) is 12.3. The van der Waals surface area contributed by atoms with E-state index in [1.54, 1.807) is 4.90 Å². The molecule has 0 spiro atoms. The summed E-state index contributed by atoms with van der Waals surface area (Å²) in [6.07, 6.45) is -3.17. The van der Waals surface area contributed by atoms with Gasteiger partial charge in [-0.15, -0.1) is 0 Å². The van der Waals surface area contributed by atoms with Crippen LogP contribution in [0.4, 0.5) is 19.0 Å². The Kier molecular flexibility index (Phi) is 5.15. The molecule has 0 aliphatic carbocycles. The van der Waals surface area contributed by atoms with Crippen molar-refractivity contribution in [2.75, 3.05) is 31.1 Å². The van der Waals surface area contributed by atoms with Gasteiger partial charge in [0.2, 0.25) is 5.91 Å². The standard InChI is InChI=1S/C19H20F3N3O/c1-14-2-4-15(5-3-14)12-18(26)25-10-8-24(9-11-25)17-7-6-16(13-23-17)19(20,21)22/h2-7,13H,8-12H2,1H3. The van der Waals surface area contributed by atoms with E-state index < -0.39 is 11.7 Å². The van der Waals surface area contributed by atoms with E-state index in [1.165, 1.54) is 6.07 Å². The van der Waals surface area contributed by atoms with Gasteiger partial charge in [-0.05, 0) is 24.6 Å². The molecule has 1 aromatic carbocycles. The van der Waals surface area contributed by atoms with Gasteiger partial charge >= 0.3 is 6.18 Å². The van der Waals surface area contributed by atoms with Crippen LogP contribution >= 0.6 is 0 Å². The van der Waals surface area contributed by atoms with Gasteiger partial charge in [0.1, 0.15) is 5.82 Å². The fourth-order valence-electron chi connectivity index (χ4n) is 2.92. The van der Waals surface area contributed by atoms with E-state index in [4.69, 9.17) is 0 Å². The highest BCUT2D eigenvalue weighted by Gasteiger charge is 2.31. The predicted octanol–water partition coefficient (Wildman–Crippen LogP) is 3.30. The van der Waals surface area contributed by atoms with Crippen molar-refractivity contribution in [1.29, 1.82) is 0 Å². The van der Waals surface area contributed by atoms with Crippen LogP contribution in [0.25, 0.3) is 0 Å². The molecular weight excluding hydrogens is 343 g/mol. The molecule has 1 amide bonds. The molecule has 1 saturated heterocycles. The molecule has 26 heavy (non-hydrogen) atoms. The average Bonchev–Trinajstić information content (AvgIpc) is 2.63. The van der Waals surface area contributed by atoms with Crippen LogP contribution in [0.3, 0.4) is 0 Å². The summed E-state index contributed by atoms with van der Waals surface area (Å²) in [4.78, 5) is 20.0. The van der Waals surface area contributed by atoms with E-state index in [1.807, 2.05) is 36.1 Å². The van der Waals surface area contributed by atoms with Crippen LogP contribution in [0.2, 0.25) is 0 Å². The summed E-state index contributed by atoms with van der Waals surface area (Å²) in [6.45, 7) is 4.18. The molecule has 0 unspecified atom stereocenters. The van der Waals surface area contributed by atoms with Crippen LogP contribution in [0.1, 0.15) is 16.7 Å². The molecule has 3 rings (SSSR count). The van der Waals surface area contributed by atoms with E-state index in [0.717, 1.165) is 23.4 Å². The smallest absolute Gasteiger partial charge is 0.353 e. The number of amides is 1. The Morgan fingerprint density at radius 2 is 1.69 bits per heavy atom. The zero-order chi connectivity index (χ0) is 18.7. The van der Waals surface area contributed by atoms with Crippen LogP contribution in [0, 0.1) is 6.92 Å². The maximum absolute atomic E-state index is 12.6. The number of halogens is 3. The zero-order valence-electron chi connectivity index (χ0n) is 14.5. The molecule has 0 N–H and O–H groups in total. The van der Waals surface area contributed by atoms with Gasteiger partial charge in [-0.1, -0.05) is 29.8 Å². The summed E-state index contributed by atoms with van der Waals surface area (Å²) in [5.41, 5.74) is 1.37. The molecule has 0 atom stereocenters. The average molecular weight is 363 g/mol. The lowest BCUT2D eigenvalue weighted by Gasteiger charge is -2.35. The maximum Gasteiger partial charge on any atom is 0.417 e. The number of carbonyl (C=O) groups excluding carboxylic acids is 1. The third-order valence-corrected chi connectivity index (χ3v) is 4.51. The minimum Gasteiger partial charge on any atom is -0.353 e. The SMILES string of the molecule is Cc1ccc(CC(=O)N2CCN(c3ccc(C(F)(F)F)cn3)CC2)cc1. The lowest BCUT2D eigenvalue weighted by Crippen LogP contribution is -2.49. The van der Waals surface area contributed by atoms with E-state index in [-0.39, 0.29) is 5.91 Å². The largest absolute Gasteiger partial charge is 0.417 e. The molecule has 1 aromatic heterocycles. The molecule has 0 saturated carbocycles. The number of nitrogens with zero attached hydrogens (tertiary/aromatic N) is 3. The monoisotopic (exact) mass is 363 g/mol. The number of anilines is 1. The Balaban J connectivity index is 1.55. The second kappa shape index (κ2) is 7.35. The number of pyridine rings is 1. The molecule has 0 bridgehead atoms. The Morgan fingerprint density at radius 3 is 2.23 bits per heavy atom. The first-order valence-electron chi connectivity index (χ1n) is 8.44. The molecule has 7 heteroatoms. The summed E-state index contributed by atoms with van der Waals surface area (Å²) in [5, 5.41) is 0. The molecule has 0 radical (unpaired) electrons. The summed E-state index contributed by atoms with van der Waals surface area (Å²) in [5.74, 6) is 0.567. The molecule has 4 nitrogen and oxygen atoms in total. The second-order valence-electron chi connectivity index (χ2n) is 6.43. The number of alkyl halides is 3. The van der Waals surface area contributed by atoms with Gasteiger partial charge in [0, 0.05) is 32.4 Å². The van der Waals surface area contributed by atoms with Gasteiger partial charge in [-0.25, -0.2) is 4.98 Å². The van der Waals surface area contributed by atoms with Gasteiger partial charge in [-0.2, -0.15) is 13.2 Å². The summed E-state index contributed by atoms with van der Waals surface area (Å²) < 4.78 is 37.8. The highest BCUT2D eigenvalue weighted by atomic mass is 19.4. The van der Waals surface area contributed by atoms with Crippen LogP contribution in [-0.4, -0.2) is 42.0 Å². The number of aromatic nitrogens is 1. The van der Waals surface area contributed by atoms with Crippen molar-refractivity contribution in [2.24, 2.45) is 0 Å². The van der Waals surface area contributed by atoms with Crippen molar-refractivity contribution in [3.8, 4) is 0 Å². The molecule has 1 aliphatic heterocycles. The van der Waals surface area contributed by atoms with Crippen LogP contribution < -0.4 is 4.90 Å². The zero-order valence-corrected chi connectivity index (χ0v) is 14.5. The Hall–Kier alpha value is -2.57. The van der Waals surface area contributed by atoms with Crippen molar-refractivity contribution in [3.05, 3.63) is 59.3 Å². The predicted molar refractivity (Wildman–Crippen MR) is 92.9 cm³/mol. The minimum absolute atomic E-state index is 0.0638. The van der Waals surface area contributed by atoms with E-state index in [9.17, 15) is 18.0 Å². The summed E-state index contributed by atoms with van der Waals surface area (Å²) in [7, 11) is 0. The number of carbonyl (C=O) groups is 1. The first-order valence-corrected chi connectivity index (χ1v) is 8.44. The van der Waals surface area contributed by atoms with Crippen LogP contribution in [0.15, 0.2) is 42.6 Å². The molecule has 1 aliphatic rings. The lowest BCUT2D eigenvalue weighted by atomic mass is 10.1. The van der Waals surface area contributed by atoms with Crippen molar-refractivity contribution in [1.82, 2.24) is 9.88 Å². The Morgan fingerprint density at radius 1 is 1.04 bits per heavy atom. The Labute approximate surface area is 150 Å². The number of rotatable bonds is 3. The van der Waals surface area contributed by atoms with Crippen molar-refractivity contribution >= 4 is 11.7 Å². The Bertz CT molecular complexity index is 749. The topological polar surface area (TPSA) is 36.4 Å². The molecule has 138 valence electrons. The third kappa shape index (κ3) is 4.33. The van der Waals surface area contributed by atoms with Crippen molar-refractivity contribution in [3.63, 3.8) is 0 Å². The third-order valence-electron chi connectivity index (χ3n) is 4.51. The van der Waals surface area contributed by atoms with Crippen LogP contribution in [0.5, 0.6) is 0 Å². The minimum atomic E-state index is -4.38. The molecule has 2 heterocycles. The fourth-order valence-corrected chi connectivity index (χ4v) is 2.92. The van der Waals surface area contributed by atoms with Crippen molar-refractivity contribution in [2.45, 2.75) is 19.5 Å². The highest BCUT2D eigenvalue weighted by molar-refractivity contribution is 5.79. The van der Waals surface area contributed by atoms with Gasteiger partial charge in [0.05, 0.1) is 12.0 Å². The highest BCUT2D eigenvalue weighted by Crippen LogP contribution is 2.29. The molecule has 1 fully saturated rings. The van der Waals surface area contributed by atoms with Gasteiger partial charge in [-0.3, -0.25) is 4.79 Å². The number of benzene rings is 1. The molecule has 2 aromatic rings. The number of piperazine rings is 1. The number of hydrogen-bond donors (Lipinski definition) is 0. The normalized spacial score (nSPS) is 15.2. The van der Waals surface area contributed by atoms with Gasteiger partial charge < -0.3 is 9.80 Å². The van der Waals surface area contributed by atoms with Crippen molar-refractivity contribution < 1.29 is 18.0 Å². The summed E-state index contributed by atoms with van der Waals surface area (Å²) >= 11 is 0. The number of aryl methyl sites for hydroxylation is 1. The summed E-state index contributed by atoms with van der Waals surface area (Å²) in [6, 6.07) is 10.3. The second-order valence-corrected chi connectivity index (χ2v) is 6.43. The quantitative estimate of drug-likeness (QED) is 0.840. The number of hydrogen-bond acceptors (Lipinski definition) is 3. The van der Waals surface area contributed by atoms with E-state index >= 15 is 0 Å². The molecular formula is C19H20F3N3O. The first kappa shape index (κ1) is 18.2. The maximum atomic E-state index is 12.6. The van der Waals surface area contributed by atoms with Gasteiger partial charge in [0.25, 0.3) is 0 Å². The van der Waals surface area contributed by atoms with Gasteiger partial charge in [0.15, 0.2) is 0 Å². The fraction of sp³-hybridized carbons (Fsp3) is 0.368. The van der Waals surface area contributed by atoms with Crippen LogP contribution in [-0.2, 0) is 17.4 Å². The van der Waals surface area contributed by atoms with E-state index in [2.05, 4.69) is 4.98 Å².